The van der Waals surface area contributed by atoms with Crippen LogP contribution in [0.1, 0.15) is 74.9 Å². The minimum Gasteiger partial charge on any atom is -0.496 e. The largest absolute Gasteiger partial charge is 0.496 e. The van der Waals surface area contributed by atoms with E-state index in [0.717, 1.165) is 76.2 Å². The van der Waals surface area contributed by atoms with Crippen LogP contribution in [0.2, 0.25) is 0 Å². The molecule has 5 aromatic rings. The number of quaternary nitrogens is 2. The molecule has 0 heterocycles. The van der Waals surface area contributed by atoms with Crippen LogP contribution in [0.25, 0.3) is 23.3 Å². The molecule has 5 rings (SSSR count). The Morgan fingerprint density at radius 2 is 1.52 bits per heavy atom. The van der Waals surface area contributed by atoms with Gasteiger partial charge in [-0.15, -0.1) is 0 Å². The number of hydrogen-bond acceptors (Lipinski definition) is 7. The average Bonchev–Trinajstić information content (AvgIpc) is 3.22. The maximum Gasteiger partial charge on any atom is 0.346 e. The number of carbonyl (C=O) groups is 1. The molecule has 0 aromatic heterocycles. The van der Waals surface area contributed by atoms with Crippen LogP contribution in [0.5, 0.6) is 23.0 Å². The summed E-state index contributed by atoms with van der Waals surface area (Å²) < 4.78 is 39.0. The van der Waals surface area contributed by atoms with E-state index >= 15 is 4.39 Å². The lowest BCUT2D eigenvalue weighted by molar-refractivity contribution is -0.825. The molecule has 0 bridgehead atoms. The molecule has 56 heavy (non-hydrogen) atoms. The highest BCUT2D eigenvalue weighted by Crippen LogP contribution is 2.37. The standard InChI is InChI=1S/C44H48FN3O6.C2H6/c1-6-8-9-25-53-43-28-35(48(3)4)19-23-40(43)46-34-18-21-38(39(45)27-34)44(49)54-36-20-22-37(42(29-36)51-5)32-15-14-31(41(26-32)52-24-7-2)13-10-30-11-16-33(47-50)17-12-30;1-2/h10-23,26-29,46-47,50H,6-9,24-25H2,1-5H3;1-2H3/p+2/b13-10+;. The summed E-state index contributed by atoms with van der Waals surface area (Å²) in [4.78, 5) is 15.2. The van der Waals surface area contributed by atoms with Crippen LogP contribution in [0, 0.1) is 5.82 Å². The normalized spacial score (nSPS) is 10.8. The van der Waals surface area contributed by atoms with E-state index < -0.39 is 11.8 Å². The topological polar surface area (TPSA) is 111 Å². The molecule has 0 fully saturated rings. The minimum atomic E-state index is -0.820. The molecule has 0 amide bonds. The lowest BCUT2D eigenvalue weighted by atomic mass is 10.0. The van der Waals surface area contributed by atoms with Gasteiger partial charge in [0.25, 0.3) is 0 Å². The smallest absolute Gasteiger partial charge is 0.346 e. The Morgan fingerprint density at radius 1 is 0.768 bits per heavy atom. The minimum absolute atomic E-state index is 0.182. The highest BCUT2D eigenvalue weighted by Gasteiger charge is 2.19. The van der Waals surface area contributed by atoms with Crippen molar-refractivity contribution in [1.29, 1.82) is 0 Å². The van der Waals surface area contributed by atoms with Crippen LogP contribution in [-0.2, 0) is 0 Å². The first-order chi connectivity index (χ1) is 27.2. The van der Waals surface area contributed by atoms with Crippen LogP contribution in [0.3, 0.4) is 0 Å². The summed E-state index contributed by atoms with van der Waals surface area (Å²) in [5.41, 5.74) is 7.52. The Kier molecular flexibility index (Phi) is 16.9. The third kappa shape index (κ3) is 11.9. The van der Waals surface area contributed by atoms with E-state index in [1.165, 1.54) is 12.1 Å². The molecule has 0 atom stereocenters. The number of unbranched alkanes of at least 4 members (excludes halogenated alkanes) is 2. The van der Waals surface area contributed by atoms with Gasteiger partial charge in [-0.3, -0.25) is 5.32 Å². The zero-order chi connectivity index (χ0) is 40.5. The van der Waals surface area contributed by atoms with Crippen molar-refractivity contribution in [1.82, 2.24) is 0 Å². The summed E-state index contributed by atoms with van der Waals surface area (Å²) in [6.45, 7) is 9.34. The molecule has 5 aromatic carbocycles. The number of ether oxygens (including phenoxy) is 4. The number of hydrogen-bond donors (Lipinski definition) is 3. The predicted molar refractivity (Wildman–Crippen MR) is 223 cm³/mol. The van der Waals surface area contributed by atoms with Crippen molar-refractivity contribution in [2.75, 3.05) is 39.3 Å². The Morgan fingerprint density at radius 3 is 2.20 bits per heavy atom. The highest BCUT2D eigenvalue weighted by atomic mass is 19.1. The van der Waals surface area contributed by atoms with E-state index in [1.807, 2.05) is 118 Å². The first kappa shape index (κ1) is 43.1. The second-order valence-corrected chi connectivity index (χ2v) is 13.0. The molecule has 0 aliphatic heterocycles. The number of carbonyl (C=O) groups excluding carboxylic acids is 1. The number of benzene rings is 5. The zero-order valence-electron chi connectivity index (χ0n) is 33.6. The van der Waals surface area contributed by atoms with E-state index in [9.17, 15) is 10.0 Å². The second kappa shape index (κ2) is 22.0. The number of methoxy groups -OCH3 is 1. The van der Waals surface area contributed by atoms with Gasteiger partial charge in [-0.25, -0.2) is 14.4 Å². The fourth-order valence-corrected chi connectivity index (χ4v) is 5.74. The number of esters is 1. The number of anilines is 1. The van der Waals surface area contributed by atoms with E-state index in [-0.39, 0.29) is 11.3 Å². The van der Waals surface area contributed by atoms with Crippen molar-refractivity contribution in [3.63, 3.8) is 0 Å². The van der Waals surface area contributed by atoms with E-state index in [4.69, 9.17) is 18.9 Å². The lowest BCUT2D eigenvalue weighted by Crippen LogP contribution is -2.73. The summed E-state index contributed by atoms with van der Waals surface area (Å²) in [6.07, 6.45) is 7.94. The van der Waals surface area contributed by atoms with Gasteiger partial charge in [0.05, 0.1) is 25.9 Å². The van der Waals surface area contributed by atoms with Gasteiger partial charge in [-0.05, 0) is 66.4 Å². The third-order valence-corrected chi connectivity index (χ3v) is 8.76. The summed E-state index contributed by atoms with van der Waals surface area (Å²) in [6, 6.07) is 28.8. The number of rotatable bonds is 18. The summed E-state index contributed by atoms with van der Waals surface area (Å²) in [5.74, 6) is 0.608. The van der Waals surface area contributed by atoms with Crippen molar-refractivity contribution >= 4 is 40.9 Å². The Hall–Kier alpha value is -5.68. The summed E-state index contributed by atoms with van der Waals surface area (Å²) in [5, 5.41) is 11.1. The molecule has 0 unspecified atom stereocenters. The van der Waals surface area contributed by atoms with Gasteiger partial charge < -0.3 is 23.8 Å². The van der Waals surface area contributed by atoms with Gasteiger partial charge in [0, 0.05) is 73.4 Å². The van der Waals surface area contributed by atoms with Crippen molar-refractivity contribution in [3.8, 4) is 34.1 Å². The first-order valence-electron chi connectivity index (χ1n) is 19.2. The van der Waals surface area contributed by atoms with Gasteiger partial charge >= 0.3 is 5.97 Å². The van der Waals surface area contributed by atoms with Crippen LogP contribution < -0.4 is 34.6 Å². The second-order valence-electron chi connectivity index (χ2n) is 13.0. The average molecular weight is 766 g/mol. The van der Waals surface area contributed by atoms with Crippen molar-refractivity contribution < 1.29 is 44.1 Å². The maximum atomic E-state index is 15.4. The van der Waals surface area contributed by atoms with Crippen LogP contribution >= 0.6 is 0 Å². The molecule has 0 saturated heterocycles. The summed E-state index contributed by atoms with van der Waals surface area (Å²) >= 11 is 0. The van der Waals surface area contributed by atoms with Crippen molar-refractivity contribution in [3.05, 3.63) is 120 Å². The highest BCUT2D eigenvalue weighted by molar-refractivity contribution is 5.92. The molecule has 0 saturated carbocycles. The third-order valence-electron chi connectivity index (χ3n) is 8.76. The molecule has 296 valence electrons. The van der Waals surface area contributed by atoms with Crippen LogP contribution in [0.15, 0.2) is 97.1 Å². The Balaban J connectivity index is 0.00000342. The van der Waals surface area contributed by atoms with E-state index in [2.05, 4.69) is 6.92 Å². The molecule has 0 radical (unpaired) electrons. The van der Waals surface area contributed by atoms with Gasteiger partial charge in [0.1, 0.15) is 28.8 Å². The van der Waals surface area contributed by atoms with Crippen molar-refractivity contribution in [2.24, 2.45) is 0 Å². The van der Waals surface area contributed by atoms with Gasteiger partial charge in [0.2, 0.25) is 0 Å². The molecule has 0 aliphatic rings. The van der Waals surface area contributed by atoms with Gasteiger partial charge in [0.15, 0.2) is 17.1 Å². The number of halogens is 1. The van der Waals surface area contributed by atoms with Crippen LogP contribution in [0.4, 0.5) is 27.1 Å². The SMILES string of the molecule is CC.CCCCCOc1cc(N(C)C)ccc1[NH2+]c1ccc(C(=O)Oc2ccc(-c3ccc(/C=C/c4ccc([NH2+]O)cc4)c(OCCC)c3)c(OC)c2)c(F)c1. The molecule has 10 heteroatoms. The van der Waals surface area contributed by atoms with E-state index in [1.54, 1.807) is 31.4 Å². The van der Waals surface area contributed by atoms with E-state index in [0.29, 0.717) is 30.4 Å². The predicted octanol–water partition coefficient (Wildman–Crippen LogP) is 9.45. The molecule has 0 aliphatic carbocycles. The fraction of sp³-hybridized carbons (Fsp3) is 0.283. The lowest BCUT2D eigenvalue weighted by Gasteiger charge is -2.16. The fourth-order valence-electron chi connectivity index (χ4n) is 5.74. The molecular weight excluding hydrogens is 710 g/mol. The number of nitrogens with two attached hydrogens (primary N) is 2. The summed E-state index contributed by atoms with van der Waals surface area (Å²) in [7, 11) is 5.48. The van der Waals surface area contributed by atoms with Gasteiger partial charge in [-0.1, -0.05) is 64.8 Å². The van der Waals surface area contributed by atoms with Crippen molar-refractivity contribution in [2.45, 2.75) is 53.4 Å². The monoisotopic (exact) mass is 765 g/mol. The molecular formula is C46H56FN3O6+2. The van der Waals surface area contributed by atoms with Crippen LogP contribution in [-0.4, -0.2) is 45.6 Å². The maximum absolute atomic E-state index is 15.4. The molecule has 5 N–H and O–H groups in total. The Labute approximate surface area is 330 Å². The molecule has 9 nitrogen and oxygen atoms in total. The Bertz CT molecular complexity index is 2050. The van der Waals surface area contributed by atoms with Gasteiger partial charge in [-0.2, -0.15) is 5.48 Å². The molecule has 0 spiro atoms. The zero-order valence-corrected chi connectivity index (χ0v) is 33.6. The first-order valence-corrected chi connectivity index (χ1v) is 19.2. The quantitative estimate of drug-likeness (QED) is 0.0204. The number of nitrogens with zero attached hydrogens (tertiary/aromatic N) is 1.